The van der Waals surface area contributed by atoms with Crippen molar-refractivity contribution >= 4 is 11.7 Å². The van der Waals surface area contributed by atoms with Crippen molar-refractivity contribution in [2.24, 2.45) is 0 Å². The Labute approximate surface area is 198 Å². The number of carbonyl (C=O) groups excluding carboxylic acids is 1. The number of alkyl halides is 3. The van der Waals surface area contributed by atoms with Crippen LogP contribution in [0.2, 0.25) is 0 Å². The van der Waals surface area contributed by atoms with Gasteiger partial charge in [0.2, 0.25) is 0 Å². The number of halogens is 5. The summed E-state index contributed by atoms with van der Waals surface area (Å²) in [5.41, 5.74) is 1.51. The first kappa shape index (κ1) is 23.3. The van der Waals surface area contributed by atoms with E-state index in [1.807, 2.05) is 4.90 Å². The third-order valence-corrected chi connectivity index (χ3v) is 6.46. The number of pyridine rings is 1. The number of rotatable bonds is 3. The third kappa shape index (κ3) is 4.46. The summed E-state index contributed by atoms with van der Waals surface area (Å²) in [4.78, 5) is 20.9. The van der Waals surface area contributed by atoms with Gasteiger partial charge in [-0.1, -0.05) is 0 Å². The van der Waals surface area contributed by atoms with Crippen LogP contribution in [0.15, 0.2) is 36.5 Å². The zero-order chi connectivity index (χ0) is 24.7. The standard InChI is InChI=1S/C24H22F5N5O/c25-18-7-6-16(13-19(18)26)34-20-4-1-3-17(20)22(31-34)23(35)33-10-2-9-32(11-12-33)21-8-5-15(14-30-21)24(27,28)29/h5-8,13-14H,1-4,9-12H2. The largest absolute Gasteiger partial charge is 0.417 e. The Balaban J connectivity index is 1.34. The highest BCUT2D eigenvalue weighted by Gasteiger charge is 2.32. The van der Waals surface area contributed by atoms with Crippen molar-refractivity contribution < 1.29 is 26.7 Å². The molecule has 0 spiro atoms. The monoisotopic (exact) mass is 491 g/mol. The maximum absolute atomic E-state index is 13.8. The molecule has 0 radical (unpaired) electrons. The number of benzene rings is 1. The molecule has 1 amide bonds. The topological polar surface area (TPSA) is 54.3 Å². The van der Waals surface area contributed by atoms with Gasteiger partial charge in [-0.2, -0.15) is 18.3 Å². The summed E-state index contributed by atoms with van der Waals surface area (Å²) >= 11 is 0. The van der Waals surface area contributed by atoms with E-state index in [9.17, 15) is 26.7 Å². The van der Waals surface area contributed by atoms with Gasteiger partial charge >= 0.3 is 6.18 Å². The van der Waals surface area contributed by atoms with Gasteiger partial charge < -0.3 is 9.80 Å². The minimum Gasteiger partial charge on any atom is -0.355 e. The Kier molecular flexibility index (Phi) is 5.94. The Morgan fingerprint density at radius 2 is 1.74 bits per heavy atom. The average molecular weight is 491 g/mol. The van der Waals surface area contributed by atoms with Crippen LogP contribution in [0.25, 0.3) is 5.69 Å². The second-order valence-electron chi connectivity index (χ2n) is 8.67. The Morgan fingerprint density at radius 1 is 0.914 bits per heavy atom. The molecular formula is C24H22F5N5O. The lowest BCUT2D eigenvalue weighted by molar-refractivity contribution is -0.137. The van der Waals surface area contributed by atoms with E-state index < -0.39 is 23.4 Å². The first-order valence-electron chi connectivity index (χ1n) is 11.4. The van der Waals surface area contributed by atoms with E-state index >= 15 is 0 Å². The third-order valence-electron chi connectivity index (χ3n) is 6.46. The molecule has 3 aromatic rings. The predicted molar refractivity (Wildman–Crippen MR) is 117 cm³/mol. The lowest BCUT2D eigenvalue weighted by Gasteiger charge is -2.23. The van der Waals surface area contributed by atoms with Crippen LogP contribution in [0.5, 0.6) is 0 Å². The molecule has 0 saturated carbocycles. The van der Waals surface area contributed by atoms with Crippen LogP contribution >= 0.6 is 0 Å². The fourth-order valence-corrected chi connectivity index (χ4v) is 4.68. The van der Waals surface area contributed by atoms with Crippen LogP contribution in [0.3, 0.4) is 0 Å². The Morgan fingerprint density at radius 3 is 2.46 bits per heavy atom. The summed E-state index contributed by atoms with van der Waals surface area (Å²) in [6.45, 7) is 1.77. The SMILES string of the molecule is O=C(c1nn(-c2ccc(F)c(F)c2)c2c1CCC2)N1CCCN(c2ccc(C(F)(F)F)cn2)CC1. The van der Waals surface area contributed by atoms with Crippen molar-refractivity contribution in [3.05, 3.63) is 70.7 Å². The van der Waals surface area contributed by atoms with Crippen molar-refractivity contribution in [3.8, 4) is 5.69 Å². The first-order valence-corrected chi connectivity index (χ1v) is 11.4. The molecule has 6 nitrogen and oxygen atoms in total. The van der Waals surface area contributed by atoms with Gasteiger partial charge in [0.05, 0.1) is 11.3 Å². The van der Waals surface area contributed by atoms with Crippen LogP contribution < -0.4 is 4.90 Å². The molecule has 1 aliphatic carbocycles. The van der Waals surface area contributed by atoms with Gasteiger partial charge in [-0.25, -0.2) is 18.4 Å². The molecule has 5 rings (SSSR count). The lowest BCUT2D eigenvalue weighted by atomic mass is 10.2. The smallest absolute Gasteiger partial charge is 0.355 e. The average Bonchev–Trinajstić information content (AvgIpc) is 3.35. The second kappa shape index (κ2) is 8.94. The molecule has 2 aliphatic rings. The quantitative estimate of drug-likeness (QED) is 0.510. The molecular weight excluding hydrogens is 469 g/mol. The van der Waals surface area contributed by atoms with E-state index in [4.69, 9.17) is 0 Å². The lowest BCUT2D eigenvalue weighted by Crippen LogP contribution is -2.36. The van der Waals surface area contributed by atoms with Gasteiger partial charge in [0.25, 0.3) is 5.91 Å². The van der Waals surface area contributed by atoms with E-state index in [1.54, 1.807) is 4.90 Å². The van der Waals surface area contributed by atoms with Gasteiger partial charge in [-0.3, -0.25) is 4.79 Å². The number of aromatic nitrogens is 3. The number of carbonyl (C=O) groups is 1. The van der Waals surface area contributed by atoms with Crippen molar-refractivity contribution in [3.63, 3.8) is 0 Å². The highest BCUT2D eigenvalue weighted by molar-refractivity contribution is 5.94. The van der Waals surface area contributed by atoms with Crippen LogP contribution in [-0.2, 0) is 19.0 Å². The van der Waals surface area contributed by atoms with Crippen LogP contribution in [0.4, 0.5) is 27.8 Å². The summed E-state index contributed by atoms with van der Waals surface area (Å²) in [5.74, 6) is -1.75. The van der Waals surface area contributed by atoms with Crippen molar-refractivity contribution in [2.75, 3.05) is 31.1 Å². The molecule has 1 saturated heterocycles. The van der Waals surface area contributed by atoms with Crippen molar-refractivity contribution in [2.45, 2.75) is 31.9 Å². The van der Waals surface area contributed by atoms with Crippen molar-refractivity contribution in [1.29, 1.82) is 0 Å². The highest BCUT2D eigenvalue weighted by Crippen LogP contribution is 2.31. The Bertz CT molecular complexity index is 1250. The molecule has 184 valence electrons. The number of hydrogen-bond donors (Lipinski definition) is 0. The molecule has 0 unspecified atom stereocenters. The molecule has 1 aromatic carbocycles. The van der Waals surface area contributed by atoms with E-state index in [0.29, 0.717) is 62.6 Å². The molecule has 1 aliphatic heterocycles. The van der Waals surface area contributed by atoms with Gasteiger partial charge in [0, 0.05) is 49.7 Å². The molecule has 0 N–H and O–H groups in total. The maximum Gasteiger partial charge on any atom is 0.417 e. The highest BCUT2D eigenvalue weighted by atomic mass is 19.4. The summed E-state index contributed by atoms with van der Waals surface area (Å²) in [5, 5.41) is 4.49. The van der Waals surface area contributed by atoms with Gasteiger partial charge in [-0.15, -0.1) is 0 Å². The predicted octanol–water partition coefficient (Wildman–Crippen LogP) is 4.41. The zero-order valence-corrected chi connectivity index (χ0v) is 18.7. The minimum atomic E-state index is -4.45. The van der Waals surface area contributed by atoms with Gasteiger partial charge in [-0.05, 0) is 49.9 Å². The number of fused-ring (bicyclic) bond motifs is 1. The minimum absolute atomic E-state index is 0.244. The van der Waals surface area contributed by atoms with Gasteiger partial charge in [0.1, 0.15) is 5.82 Å². The Hall–Kier alpha value is -3.50. The first-order chi connectivity index (χ1) is 16.7. The molecule has 1 fully saturated rings. The molecule has 2 aromatic heterocycles. The zero-order valence-electron chi connectivity index (χ0n) is 18.7. The summed E-state index contributed by atoms with van der Waals surface area (Å²) < 4.78 is 67.2. The number of hydrogen-bond acceptors (Lipinski definition) is 4. The van der Waals surface area contributed by atoms with Gasteiger partial charge in [0.15, 0.2) is 17.3 Å². The van der Waals surface area contributed by atoms with Crippen LogP contribution in [0.1, 0.15) is 40.2 Å². The fourth-order valence-electron chi connectivity index (χ4n) is 4.68. The van der Waals surface area contributed by atoms with Crippen LogP contribution in [-0.4, -0.2) is 51.8 Å². The number of anilines is 1. The van der Waals surface area contributed by atoms with E-state index in [1.165, 1.54) is 16.8 Å². The molecule has 0 atom stereocenters. The van der Waals surface area contributed by atoms with E-state index in [2.05, 4.69) is 10.1 Å². The molecule has 0 bridgehead atoms. The summed E-state index contributed by atoms with van der Waals surface area (Å²) in [6, 6.07) is 5.88. The number of nitrogens with zero attached hydrogens (tertiary/aromatic N) is 5. The summed E-state index contributed by atoms with van der Waals surface area (Å²) in [7, 11) is 0. The fraction of sp³-hybridized carbons (Fsp3) is 0.375. The second-order valence-corrected chi connectivity index (χ2v) is 8.67. The molecule has 11 heteroatoms. The maximum atomic E-state index is 13.8. The normalized spacial score (nSPS) is 16.4. The molecule has 3 heterocycles. The molecule has 35 heavy (non-hydrogen) atoms. The van der Waals surface area contributed by atoms with Crippen molar-refractivity contribution in [1.82, 2.24) is 19.7 Å². The van der Waals surface area contributed by atoms with Crippen LogP contribution in [0, 0.1) is 11.6 Å². The van der Waals surface area contributed by atoms with E-state index in [0.717, 1.165) is 42.1 Å². The summed E-state index contributed by atoms with van der Waals surface area (Å²) in [6.07, 6.45) is -0.823. The van der Waals surface area contributed by atoms with E-state index in [-0.39, 0.29) is 5.91 Å². The number of amides is 1.